The lowest BCUT2D eigenvalue weighted by molar-refractivity contribution is 0.306. The van der Waals surface area contributed by atoms with E-state index < -0.39 is 0 Å². The minimum atomic E-state index is 0.124. The first-order valence-electron chi connectivity index (χ1n) is 9.82. The molecular weight excluding hydrogens is 400 g/mol. The normalized spacial score (nSPS) is 12.9. The summed E-state index contributed by atoms with van der Waals surface area (Å²) >= 11 is 6.05. The van der Waals surface area contributed by atoms with E-state index >= 15 is 0 Å². The van der Waals surface area contributed by atoms with Gasteiger partial charge < -0.3 is 15.0 Å². The number of nitrogen functional groups attached to an aromatic ring is 1. The number of anilines is 1. The molecular formula is C22H21ClN6O. The van der Waals surface area contributed by atoms with Crippen molar-refractivity contribution in [2.75, 3.05) is 12.3 Å². The molecule has 1 aliphatic rings. The van der Waals surface area contributed by atoms with Crippen LogP contribution in [-0.4, -0.2) is 30.9 Å². The summed E-state index contributed by atoms with van der Waals surface area (Å²) in [7, 11) is 0. The molecule has 7 nitrogen and oxygen atoms in total. The molecule has 2 aromatic carbocycles. The Morgan fingerprint density at radius 3 is 2.57 bits per heavy atom. The summed E-state index contributed by atoms with van der Waals surface area (Å²) < 4.78 is 9.88. The van der Waals surface area contributed by atoms with Gasteiger partial charge in [0.15, 0.2) is 5.82 Å². The van der Waals surface area contributed by atoms with Crippen LogP contribution in [0, 0.1) is 0 Å². The first kappa shape index (κ1) is 18.7. The average molecular weight is 421 g/mol. The van der Waals surface area contributed by atoms with Crippen molar-refractivity contribution in [1.29, 1.82) is 0 Å². The Balaban J connectivity index is 1.63. The molecule has 0 bridgehead atoms. The van der Waals surface area contributed by atoms with Crippen LogP contribution in [0.4, 0.5) is 5.95 Å². The summed E-state index contributed by atoms with van der Waals surface area (Å²) in [4.78, 5) is 9.32. The predicted molar refractivity (Wildman–Crippen MR) is 117 cm³/mol. The van der Waals surface area contributed by atoms with Crippen molar-refractivity contribution >= 4 is 17.5 Å². The van der Waals surface area contributed by atoms with Crippen molar-refractivity contribution in [1.82, 2.24) is 24.3 Å². The van der Waals surface area contributed by atoms with Gasteiger partial charge in [-0.2, -0.15) is 4.98 Å². The zero-order valence-electron chi connectivity index (χ0n) is 16.7. The van der Waals surface area contributed by atoms with Crippen molar-refractivity contribution in [2.24, 2.45) is 0 Å². The van der Waals surface area contributed by atoms with Crippen LogP contribution in [-0.2, 0) is 6.54 Å². The SMILES string of the molecule is CC(C)n1nc(N)nc1-c1cn2c(n1)-c1cc(-c3ccc(Cl)cc3)ccc1OCC2. The van der Waals surface area contributed by atoms with Gasteiger partial charge >= 0.3 is 0 Å². The fourth-order valence-electron chi connectivity index (χ4n) is 3.69. The van der Waals surface area contributed by atoms with Crippen LogP contribution in [0.2, 0.25) is 5.02 Å². The maximum Gasteiger partial charge on any atom is 0.240 e. The van der Waals surface area contributed by atoms with Crippen LogP contribution < -0.4 is 10.5 Å². The van der Waals surface area contributed by atoms with Gasteiger partial charge in [-0.1, -0.05) is 29.8 Å². The maximum atomic E-state index is 6.05. The predicted octanol–water partition coefficient (Wildman–Crippen LogP) is 4.68. The first-order chi connectivity index (χ1) is 14.5. The Kier molecular flexibility index (Phi) is 4.47. The second-order valence-electron chi connectivity index (χ2n) is 7.54. The van der Waals surface area contributed by atoms with E-state index in [0.717, 1.165) is 34.0 Å². The van der Waals surface area contributed by atoms with Gasteiger partial charge in [-0.15, -0.1) is 5.10 Å². The zero-order valence-corrected chi connectivity index (χ0v) is 17.5. The summed E-state index contributed by atoms with van der Waals surface area (Å²) in [5.41, 5.74) is 9.70. The number of aromatic nitrogens is 5. The first-order valence-corrected chi connectivity index (χ1v) is 10.2. The van der Waals surface area contributed by atoms with E-state index in [1.54, 1.807) is 4.68 Å². The van der Waals surface area contributed by atoms with Crippen LogP contribution in [0.3, 0.4) is 0 Å². The number of ether oxygens (including phenoxy) is 1. The van der Waals surface area contributed by atoms with E-state index in [1.807, 2.05) is 50.4 Å². The molecule has 8 heteroatoms. The van der Waals surface area contributed by atoms with E-state index in [0.29, 0.717) is 24.0 Å². The van der Waals surface area contributed by atoms with Gasteiger partial charge in [-0.3, -0.25) is 0 Å². The highest BCUT2D eigenvalue weighted by Gasteiger charge is 2.23. The molecule has 0 fully saturated rings. The van der Waals surface area contributed by atoms with Gasteiger partial charge in [-0.05, 0) is 49.2 Å². The number of imidazole rings is 1. The molecule has 0 radical (unpaired) electrons. The van der Waals surface area contributed by atoms with Crippen molar-refractivity contribution < 1.29 is 4.74 Å². The van der Waals surface area contributed by atoms with E-state index in [4.69, 9.17) is 27.1 Å². The lowest BCUT2D eigenvalue weighted by atomic mass is 10.0. The summed E-state index contributed by atoms with van der Waals surface area (Å²) in [6, 6.07) is 14.1. The van der Waals surface area contributed by atoms with E-state index in [-0.39, 0.29) is 12.0 Å². The Bertz CT molecular complexity index is 1230. The topological polar surface area (TPSA) is 83.8 Å². The Morgan fingerprint density at radius 2 is 1.80 bits per heavy atom. The summed E-state index contributed by atoms with van der Waals surface area (Å²) in [5, 5.41) is 5.03. The third-order valence-electron chi connectivity index (χ3n) is 5.13. The van der Waals surface area contributed by atoms with E-state index in [9.17, 15) is 0 Å². The maximum absolute atomic E-state index is 6.05. The molecule has 152 valence electrons. The number of nitrogens with two attached hydrogens (primary N) is 1. The molecule has 0 saturated carbocycles. The van der Waals surface area contributed by atoms with Gasteiger partial charge in [-0.25, -0.2) is 9.67 Å². The van der Waals surface area contributed by atoms with Crippen LogP contribution in [0.25, 0.3) is 34.0 Å². The largest absolute Gasteiger partial charge is 0.491 e. The summed E-state index contributed by atoms with van der Waals surface area (Å²) in [6.45, 7) is 5.34. The third kappa shape index (κ3) is 3.21. The Labute approximate surface area is 179 Å². The molecule has 1 aliphatic heterocycles. The number of hydrogen-bond donors (Lipinski definition) is 1. The van der Waals surface area contributed by atoms with Crippen molar-refractivity contribution in [3.63, 3.8) is 0 Å². The monoisotopic (exact) mass is 420 g/mol. The zero-order chi connectivity index (χ0) is 20.8. The molecule has 3 heterocycles. The molecule has 0 spiro atoms. The molecule has 0 atom stereocenters. The number of fused-ring (bicyclic) bond motifs is 3. The van der Waals surface area contributed by atoms with Crippen molar-refractivity contribution in [2.45, 2.75) is 26.4 Å². The van der Waals surface area contributed by atoms with Gasteiger partial charge in [0.2, 0.25) is 5.95 Å². The van der Waals surface area contributed by atoms with Gasteiger partial charge in [0.05, 0.1) is 12.1 Å². The molecule has 5 rings (SSSR count). The van der Waals surface area contributed by atoms with Gasteiger partial charge in [0, 0.05) is 17.3 Å². The van der Waals surface area contributed by atoms with E-state index in [1.165, 1.54) is 0 Å². The van der Waals surface area contributed by atoms with Crippen LogP contribution >= 0.6 is 11.6 Å². The summed E-state index contributed by atoms with van der Waals surface area (Å²) in [6.07, 6.45) is 1.99. The van der Waals surface area contributed by atoms with Crippen LogP contribution in [0.5, 0.6) is 5.75 Å². The Hall–Kier alpha value is -3.32. The minimum absolute atomic E-state index is 0.124. The average Bonchev–Trinajstić information content (AvgIpc) is 3.28. The minimum Gasteiger partial charge on any atom is -0.491 e. The number of benzene rings is 2. The standard InChI is InChI=1S/C22H21ClN6O/c1-13(2)29-21(26-22(24)27-29)18-12-28-9-10-30-19-8-5-15(11-17(19)20(28)25-18)14-3-6-16(23)7-4-14/h3-8,11-13H,9-10H2,1-2H3,(H2,24,27). The van der Waals surface area contributed by atoms with Crippen LogP contribution in [0.15, 0.2) is 48.7 Å². The van der Waals surface area contributed by atoms with Crippen LogP contribution in [0.1, 0.15) is 19.9 Å². The van der Waals surface area contributed by atoms with E-state index in [2.05, 4.69) is 26.8 Å². The quantitative estimate of drug-likeness (QED) is 0.520. The number of halogens is 1. The second kappa shape index (κ2) is 7.18. The second-order valence-corrected chi connectivity index (χ2v) is 7.98. The highest BCUT2D eigenvalue weighted by molar-refractivity contribution is 6.30. The lowest BCUT2D eigenvalue weighted by Crippen LogP contribution is -2.06. The molecule has 0 unspecified atom stereocenters. The van der Waals surface area contributed by atoms with Gasteiger partial charge in [0.25, 0.3) is 0 Å². The summed E-state index contributed by atoms with van der Waals surface area (Å²) in [5.74, 6) is 2.56. The molecule has 2 N–H and O–H groups in total. The smallest absolute Gasteiger partial charge is 0.240 e. The molecule has 0 amide bonds. The fraction of sp³-hybridized carbons (Fsp3) is 0.227. The number of rotatable bonds is 3. The fourth-order valence-corrected chi connectivity index (χ4v) is 3.82. The van der Waals surface area contributed by atoms with Crippen molar-refractivity contribution in [3.8, 4) is 39.8 Å². The highest BCUT2D eigenvalue weighted by atomic mass is 35.5. The number of hydrogen-bond acceptors (Lipinski definition) is 5. The highest BCUT2D eigenvalue weighted by Crippen LogP contribution is 2.37. The molecule has 4 aromatic rings. The molecule has 30 heavy (non-hydrogen) atoms. The Morgan fingerprint density at radius 1 is 1.03 bits per heavy atom. The number of nitrogens with zero attached hydrogens (tertiary/aromatic N) is 5. The molecule has 0 aliphatic carbocycles. The lowest BCUT2D eigenvalue weighted by Gasteiger charge is -2.10. The molecule has 2 aromatic heterocycles. The van der Waals surface area contributed by atoms with Crippen molar-refractivity contribution in [3.05, 3.63) is 53.7 Å². The third-order valence-corrected chi connectivity index (χ3v) is 5.38. The molecule has 0 saturated heterocycles. The van der Waals surface area contributed by atoms with Gasteiger partial charge in [0.1, 0.15) is 23.9 Å².